The van der Waals surface area contributed by atoms with Crippen LogP contribution in [-0.2, 0) is 0 Å². The quantitative estimate of drug-likeness (QED) is 0.891. The highest BCUT2D eigenvalue weighted by molar-refractivity contribution is 5.52. The summed E-state index contributed by atoms with van der Waals surface area (Å²) >= 11 is 0. The number of aliphatic hydroxyl groups excluding tert-OH is 1. The van der Waals surface area contributed by atoms with Crippen LogP contribution < -0.4 is 9.64 Å². The monoisotopic (exact) mass is 247 g/mol. The minimum Gasteiger partial charge on any atom is -0.494 e. The Balaban J connectivity index is 1.78. The SMILES string of the molecule is CCOc1ccc(N2C3CCC2CC(O)C3)cc1. The van der Waals surface area contributed by atoms with Crippen molar-refractivity contribution in [3.8, 4) is 5.75 Å². The van der Waals surface area contributed by atoms with Gasteiger partial charge in [0.1, 0.15) is 5.75 Å². The standard InChI is InChI=1S/C15H21NO2/c1-2-18-15-7-5-11(6-8-15)16-12-3-4-13(16)10-14(17)9-12/h5-8,12-14,17H,2-4,9-10H2,1H3. The lowest BCUT2D eigenvalue weighted by Crippen LogP contribution is -2.44. The third-order valence-electron chi connectivity index (χ3n) is 4.15. The lowest BCUT2D eigenvalue weighted by molar-refractivity contribution is 0.126. The minimum absolute atomic E-state index is 0.0959. The second-order valence-electron chi connectivity index (χ2n) is 5.34. The van der Waals surface area contributed by atoms with Crippen molar-refractivity contribution in [1.29, 1.82) is 0 Å². The van der Waals surface area contributed by atoms with Gasteiger partial charge in [-0.05, 0) is 56.9 Å². The van der Waals surface area contributed by atoms with Crippen molar-refractivity contribution < 1.29 is 9.84 Å². The number of fused-ring (bicyclic) bond motifs is 2. The molecule has 1 N–H and O–H groups in total. The van der Waals surface area contributed by atoms with Gasteiger partial charge in [0.2, 0.25) is 0 Å². The van der Waals surface area contributed by atoms with Crippen LogP contribution in [-0.4, -0.2) is 29.9 Å². The van der Waals surface area contributed by atoms with Crippen molar-refractivity contribution >= 4 is 5.69 Å². The maximum atomic E-state index is 9.82. The second-order valence-corrected chi connectivity index (χ2v) is 5.34. The molecule has 0 aromatic heterocycles. The summed E-state index contributed by atoms with van der Waals surface area (Å²) < 4.78 is 5.48. The maximum absolute atomic E-state index is 9.82. The third-order valence-corrected chi connectivity index (χ3v) is 4.15. The molecule has 3 nitrogen and oxygen atoms in total. The van der Waals surface area contributed by atoms with Crippen molar-refractivity contribution in [2.24, 2.45) is 0 Å². The normalized spacial score (nSPS) is 30.6. The van der Waals surface area contributed by atoms with Crippen LogP contribution >= 0.6 is 0 Å². The number of ether oxygens (including phenoxy) is 1. The molecule has 98 valence electrons. The van der Waals surface area contributed by atoms with Gasteiger partial charge in [0, 0.05) is 17.8 Å². The summed E-state index contributed by atoms with van der Waals surface area (Å²) in [5, 5.41) is 9.82. The first-order valence-corrected chi connectivity index (χ1v) is 6.97. The summed E-state index contributed by atoms with van der Waals surface area (Å²) in [5.74, 6) is 0.936. The molecule has 2 aliphatic rings. The predicted octanol–water partition coefficient (Wildman–Crippen LogP) is 2.58. The molecule has 2 unspecified atom stereocenters. The Morgan fingerprint density at radius 3 is 2.33 bits per heavy atom. The molecular weight excluding hydrogens is 226 g/mol. The Morgan fingerprint density at radius 2 is 1.78 bits per heavy atom. The predicted molar refractivity (Wildman–Crippen MR) is 72.1 cm³/mol. The molecule has 2 heterocycles. The van der Waals surface area contributed by atoms with E-state index in [1.165, 1.54) is 18.5 Å². The number of hydrogen-bond acceptors (Lipinski definition) is 3. The lowest BCUT2D eigenvalue weighted by atomic mass is 9.99. The molecule has 0 amide bonds. The Morgan fingerprint density at radius 1 is 1.17 bits per heavy atom. The fraction of sp³-hybridized carbons (Fsp3) is 0.600. The van der Waals surface area contributed by atoms with E-state index in [1.807, 2.05) is 19.1 Å². The number of piperidine rings is 1. The van der Waals surface area contributed by atoms with Crippen molar-refractivity contribution in [2.45, 2.75) is 50.8 Å². The molecule has 0 saturated carbocycles. The van der Waals surface area contributed by atoms with Gasteiger partial charge in [0.25, 0.3) is 0 Å². The van der Waals surface area contributed by atoms with Crippen molar-refractivity contribution in [2.75, 3.05) is 11.5 Å². The third kappa shape index (κ3) is 2.07. The zero-order valence-corrected chi connectivity index (χ0v) is 10.9. The largest absolute Gasteiger partial charge is 0.494 e. The lowest BCUT2D eigenvalue weighted by Gasteiger charge is -2.39. The van der Waals surface area contributed by atoms with Gasteiger partial charge in [0.05, 0.1) is 12.7 Å². The van der Waals surface area contributed by atoms with Gasteiger partial charge in [0.15, 0.2) is 0 Å². The molecule has 2 bridgehead atoms. The molecule has 3 rings (SSSR count). The van der Waals surface area contributed by atoms with Gasteiger partial charge in [-0.15, -0.1) is 0 Å². The van der Waals surface area contributed by atoms with Crippen LogP contribution in [0.4, 0.5) is 5.69 Å². The summed E-state index contributed by atoms with van der Waals surface area (Å²) in [7, 11) is 0. The minimum atomic E-state index is -0.0959. The number of aliphatic hydroxyl groups is 1. The molecule has 1 aromatic carbocycles. The Labute approximate surface area is 108 Å². The van der Waals surface area contributed by atoms with E-state index in [2.05, 4.69) is 17.0 Å². The van der Waals surface area contributed by atoms with E-state index >= 15 is 0 Å². The van der Waals surface area contributed by atoms with Crippen molar-refractivity contribution in [1.82, 2.24) is 0 Å². The van der Waals surface area contributed by atoms with Crippen LogP contribution in [0, 0.1) is 0 Å². The molecule has 2 saturated heterocycles. The van der Waals surface area contributed by atoms with E-state index in [-0.39, 0.29) is 6.10 Å². The number of hydrogen-bond donors (Lipinski definition) is 1. The number of benzene rings is 1. The van der Waals surface area contributed by atoms with Crippen LogP contribution in [0.2, 0.25) is 0 Å². The first kappa shape index (κ1) is 11.8. The molecule has 0 aliphatic carbocycles. The van der Waals surface area contributed by atoms with E-state index in [0.29, 0.717) is 18.7 Å². The highest BCUT2D eigenvalue weighted by Gasteiger charge is 2.40. The summed E-state index contributed by atoms with van der Waals surface area (Å²) in [6.07, 6.45) is 4.18. The van der Waals surface area contributed by atoms with Gasteiger partial charge >= 0.3 is 0 Å². The average molecular weight is 247 g/mol. The summed E-state index contributed by atoms with van der Waals surface area (Å²) in [5.41, 5.74) is 1.28. The fourth-order valence-electron chi connectivity index (χ4n) is 3.45. The Kier molecular flexibility index (Phi) is 3.16. The molecule has 18 heavy (non-hydrogen) atoms. The van der Waals surface area contributed by atoms with Crippen LogP contribution in [0.5, 0.6) is 5.75 Å². The average Bonchev–Trinajstić information content (AvgIpc) is 2.64. The summed E-state index contributed by atoms with van der Waals surface area (Å²) in [6, 6.07) is 9.43. The zero-order valence-electron chi connectivity index (χ0n) is 10.9. The number of nitrogens with zero attached hydrogens (tertiary/aromatic N) is 1. The highest BCUT2D eigenvalue weighted by Crippen LogP contribution is 2.39. The van der Waals surface area contributed by atoms with Crippen LogP contribution in [0.3, 0.4) is 0 Å². The fourth-order valence-corrected chi connectivity index (χ4v) is 3.45. The van der Waals surface area contributed by atoms with Crippen molar-refractivity contribution in [3.05, 3.63) is 24.3 Å². The van der Waals surface area contributed by atoms with E-state index in [9.17, 15) is 5.11 Å². The van der Waals surface area contributed by atoms with E-state index < -0.39 is 0 Å². The molecule has 1 aromatic rings. The van der Waals surface area contributed by atoms with Gasteiger partial charge in [-0.25, -0.2) is 0 Å². The van der Waals surface area contributed by atoms with Crippen molar-refractivity contribution in [3.63, 3.8) is 0 Å². The highest BCUT2D eigenvalue weighted by atomic mass is 16.5. The number of rotatable bonds is 3. The topological polar surface area (TPSA) is 32.7 Å². The summed E-state index contributed by atoms with van der Waals surface area (Å²) in [4.78, 5) is 2.50. The van der Waals surface area contributed by atoms with Gasteiger partial charge < -0.3 is 14.7 Å². The maximum Gasteiger partial charge on any atom is 0.119 e. The van der Waals surface area contributed by atoms with Gasteiger partial charge in [-0.3, -0.25) is 0 Å². The smallest absolute Gasteiger partial charge is 0.119 e. The van der Waals surface area contributed by atoms with E-state index in [4.69, 9.17) is 4.74 Å². The zero-order chi connectivity index (χ0) is 12.5. The van der Waals surface area contributed by atoms with Crippen LogP contribution in [0.1, 0.15) is 32.6 Å². The second kappa shape index (κ2) is 4.81. The molecule has 0 spiro atoms. The molecular formula is C15H21NO2. The molecule has 2 aliphatic heterocycles. The van der Waals surface area contributed by atoms with Crippen LogP contribution in [0.25, 0.3) is 0 Å². The number of anilines is 1. The van der Waals surface area contributed by atoms with E-state index in [1.54, 1.807) is 0 Å². The molecule has 2 atom stereocenters. The Bertz CT molecular complexity index is 389. The molecule has 3 heteroatoms. The van der Waals surface area contributed by atoms with Crippen LogP contribution in [0.15, 0.2) is 24.3 Å². The first-order valence-electron chi connectivity index (χ1n) is 6.97. The molecule has 0 radical (unpaired) electrons. The first-order chi connectivity index (χ1) is 8.78. The van der Waals surface area contributed by atoms with Gasteiger partial charge in [-0.1, -0.05) is 0 Å². The Hall–Kier alpha value is -1.22. The van der Waals surface area contributed by atoms with E-state index in [0.717, 1.165) is 18.6 Å². The van der Waals surface area contributed by atoms with Gasteiger partial charge in [-0.2, -0.15) is 0 Å². The summed E-state index contributed by atoms with van der Waals surface area (Å²) in [6.45, 7) is 2.71. The molecule has 2 fully saturated rings.